The van der Waals surface area contributed by atoms with Crippen LogP contribution >= 0.6 is 0 Å². The smallest absolute Gasteiger partial charge is 0.347 e. The Hall–Kier alpha value is -2.44. The van der Waals surface area contributed by atoms with E-state index in [0.29, 0.717) is 11.6 Å². The molecule has 7 heteroatoms. The number of esters is 2. The summed E-state index contributed by atoms with van der Waals surface area (Å²) in [5, 5.41) is 2.75. The lowest BCUT2D eigenvalue weighted by molar-refractivity contribution is -0.146. The molecule has 1 aromatic heterocycles. The molecule has 0 saturated heterocycles. The van der Waals surface area contributed by atoms with Crippen molar-refractivity contribution in [3.8, 4) is 0 Å². The van der Waals surface area contributed by atoms with Crippen molar-refractivity contribution in [3.05, 3.63) is 29.9 Å². The van der Waals surface area contributed by atoms with Crippen LogP contribution in [0.25, 0.3) is 0 Å². The minimum absolute atomic E-state index is 0.169. The molecule has 0 radical (unpaired) electrons. The summed E-state index contributed by atoms with van der Waals surface area (Å²) in [4.78, 5) is 31.4. The van der Waals surface area contributed by atoms with Crippen molar-refractivity contribution < 1.29 is 19.1 Å². The molecular formula is C13H17N3O4. The average molecular weight is 279 g/mol. The van der Waals surface area contributed by atoms with Crippen molar-refractivity contribution in [2.75, 3.05) is 18.5 Å². The summed E-state index contributed by atoms with van der Waals surface area (Å²) in [7, 11) is 0. The highest BCUT2D eigenvalue weighted by Gasteiger charge is 2.20. The third-order valence-electron chi connectivity index (χ3n) is 2.13. The van der Waals surface area contributed by atoms with Gasteiger partial charge in [-0.25, -0.2) is 19.6 Å². The van der Waals surface area contributed by atoms with Gasteiger partial charge in [-0.2, -0.15) is 0 Å². The molecule has 1 rings (SSSR count). The standard InChI is InChI=1S/C13H17N3O4/c1-4-19-12(17)10(13(18)20-5-2)8-15-11-6-7-14-9(3)16-11/h6-8H,4-5H2,1-3H3,(H,14,15,16). The zero-order valence-electron chi connectivity index (χ0n) is 11.7. The maximum atomic E-state index is 11.7. The van der Waals surface area contributed by atoms with E-state index >= 15 is 0 Å². The first-order chi connectivity index (χ1) is 9.58. The van der Waals surface area contributed by atoms with Gasteiger partial charge in [0.2, 0.25) is 0 Å². The molecule has 0 spiro atoms. The second-order valence-corrected chi connectivity index (χ2v) is 3.63. The topological polar surface area (TPSA) is 90.4 Å². The number of ether oxygens (including phenoxy) is 2. The number of hydrogen-bond acceptors (Lipinski definition) is 7. The molecular weight excluding hydrogens is 262 g/mol. The lowest BCUT2D eigenvalue weighted by Gasteiger charge is -2.07. The fraction of sp³-hybridized carbons (Fsp3) is 0.385. The van der Waals surface area contributed by atoms with Gasteiger partial charge in [-0.3, -0.25) is 0 Å². The molecule has 0 amide bonds. The Morgan fingerprint density at radius 2 is 1.85 bits per heavy atom. The fourth-order valence-corrected chi connectivity index (χ4v) is 1.30. The van der Waals surface area contributed by atoms with Crippen LogP contribution in [0.5, 0.6) is 0 Å². The van der Waals surface area contributed by atoms with Crippen molar-refractivity contribution in [1.82, 2.24) is 9.97 Å². The van der Waals surface area contributed by atoms with Gasteiger partial charge in [0.1, 0.15) is 11.6 Å². The molecule has 0 aliphatic heterocycles. The van der Waals surface area contributed by atoms with Gasteiger partial charge in [0.15, 0.2) is 5.57 Å². The maximum absolute atomic E-state index is 11.7. The highest BCUT2D eigenvalue weighted by atomic mass is 16.6. The molecule has 0 unspecified atom stereocenters. The normalized spacial score (nSPS) is 9.55. The second-order valence-electron chi connectivity index (χ2n) is 3.63. The third-order valence-corrected chi connectivity index (χ3v) is 2.13. The molecule has 0 aliphatic rings. The van der Waals surface area contributed by atoms with E-state index in [0.717, 1.165) is 0 Å². The van der Waals surface area contributed by atoms with Crippen LogP contribution in [-0.4, -0.2) is 35.1 Å². The van der Waals surface area contributed by atoms with Crippen molar-refractivity contribution >= 4 is 17.8 Å². The minimum Gasteiger partial charge on any atom is -0.462 e. The predicted molar refractivity (Wildman–Crippen MR) is 71.7 cm³/mol. The van der Waals surface area contributed by atoms with Crippen LogP contribution in [0, 0.1) is 6.92 Å². The molecule has 108 valence electrons. The third kappa shape index (κ3) is 4.68. The maximum Gasteiger partial charge on any atom is 0.347 e. The van der Waals surface area contributed by atoms with E-state index in [1.165, 1.54) is 6.20 Å². The average Bonchev–Trinajstić information content (AvgIpc) is 2.39. The van der Waals surface area contributed by atoms with Crippen LogP contribution in [0.2, 0.25) is 0 Å². The summed E-state index contributed by atoms with van der Waals surface area (Å²) in [6, 6.07) is 1.61. The Bertz CT molecular complexity index is 494. The molecule has 0 bridgehead atoms. The number of carbonyl (C=O) groups excluding carboxylic acids is 2. The van der Waals surface area contributed by atoms with Crippen molar-refractivity contribution in [2.45, 2.75) is 20.8 Å². The zero-order chi connectivity index (χ0) is 15.0. The van der Waals surface area contributed by atoms with Gasteiger partial charge >= 0.3 is 11.9 Å². The van der Waals surface area contributed by atoms with Crippen LogP contribution < -0.4 is 5.32 Å². The first kappa shape index (κ1) is 15.6. The number of carbonyl (C=O) groups is 2. The van der Waals surface area contributed by atoms with Gasteiger partial charge < -0.3 is 14.8 Å². The summed E-state index contributed by atoms with van der Waals surface area (Å²) in [6.07, 6.45) is 2.78. The van der Waals surface area contributed by atoms with Crippen molar-refractivity contribution in [2.24, 2.45) is 0 Å². The van der Waals surface area contributed by atoms with Gasteiger partial charge in [-0.1, -0.05) is 0 Å². The molecule has 7 nitrogen and oxygen atoms in total. The monoisotopic (exact) mass is 279 g/mol. The summed E-state index contributed by atoms with van der Waals surface area (Å²) in [6.45, 7) is 5.38. The second kappa shape index (κ2) is 7.88. The Balaban J connectivity index is 2.89. The van der Waals surface area contributed by atoms with E-state index in [2.05, 4.69) is 15.3 Å². The first-order valence-corrected chi connectivity index (χ1v) is 6.19. The first-order valence-electron chi connectivity index (χ1n) is 6.19. The van der Waals surface area contributed by atoms with E-state index in [-0.39, 0.29) is 18.8 Å². The Labute approximate surface area is 117 Å². The zero-order valence-corrected chi connectivity index (χ0v) is 11.7. The van der Waals surface area contributed by atoms with Gasteiger partial charge in [0.05, 0.1) is 13.2 Å². The number of anilines is 1. The highest BCUT2D eigenvalue weighted by Crippen LogP contribution is 2.06. The SMILES string of the molecule is CCOC(=O)C(=CNc1ccnc(C)n1)C(=O)OCC. The number of hydrogen-bond donors (Lipinski definition) is 1. The fourth-order valence-electron chi connectivity index (χ4n) is 1.30. The van der Waals surface area contributed by atoms with Crippen LogP contribution in [0.1, 0.15) is 19.7 Å². The Kier molecular flexibility index (Phi) is 6.15. The molecule has 0 aromatic carbocycles. The lowest BCUT2D eigenvalue weighted by atomic mass is 10.3. The summed E-state index contributed by atoms with van der Waals surface area (Å²) < 4.78 is 9.61. The van der Waals surface area contributed by atoms with E-state index in [1.807, 2.05) is 0 Å². The quantitative estimate of drug-likeness (QED) is 0.362. The molecule has 1 aromatic rings. The van der Waals surface area contributed by atoms with Crippen LogP contribution in [0.15, 0.2) is 24.0 Å². The molecule has 0 fully saturated rings. The number of rotatable bonds is 6. The summed E-state index contributed by atoms with van der Waals surface area (Å²) in [5.41, 5.74) is -0.218. The summed E-state index contributed by atoms with van der Waals surface area (Å²) >= 11 is 0. The molecule has 0 aliphatic carbocycles. The lowest BCUT2D eigenvalue weighted by Crippen LogP contribution is -2.19. The number of aryl methyl sites for hydroxylation is 1. The van der Waals surface area contributed by atoms with E-state index < -0.39 is 11.9 Å². The van der Waals surface area contributed by atoms with Crippen LogP contribution in [-0.2, 0) is 19.1 Å². The van der Waals surface area contributed by atoms with E-state index in [4.69, 9.17) is 9.47 Å². The van der Waals surface area contributed by atoms with Gasteiger partial charge in [-0.05, 0) is 26.8 Å². The molecule has 0 saturated carbocycles. The van der Waals surface area contributed by atoms with Gasteiger partial charge in [0.25, 0.3) is 0 Å². The van der Waals surface area contributed by atoms with E-state index in [1.54, 1.807) is 33.0 Å². The van der Waals surface area contributed by atoms with E-state index in [9.17, 15) is 9.59 Å². The molecule has 20 heavy (non-hydrogen) atoms. The van der Waals surface area contributed by atoms with Gasteiger partial charge in [0, 0.05) is 12.4 Å². The van der Waals surface area contributed by atoms with Crippen molar-refractivity contribution in [3.63, 3.8) is 0 Å². The number of aromatic nitrogens is 2. The highest BCUT2D eigenvalue weighted by molar-refractivity contribution is 6.14. The molecule has 1 heterocycles. The Morgan fingerprint density at radius 1 is 1.25 bits per heavy atom. The molecule has 0 atom stereocenters. The predicted octanol–water partition coefficient (Wildman–Crippen LogP) is 1.21. The van der Waals surface area contributed by atoms with Crippen LogP contribution in [0.4, 0.5) is 5.82 Å². The molecule has 1 N–H and O–H groups in total. The minimum atomic E-state index is -0.746. The van der Waals surface area contributed by atoms with Crippen molar-refractivity contribution in [1.29, 1.82) is 0 Å². The number of nitrogens with zero attached hydrogens (tertiary/aromatic N) is 2. The number of nitrogens with one attached hydrogen (secondary N) is 1. The van der Waals surface area contributed by atoms with Gasteiger partial charge in [-0.15, -0.1) is 0 Å². The Morgan fingerprint density at radius 3 is 2.35 bits per heavy atom. The summed E-state index contributed by atoms with van der Waals surface area (Å²) in [5.74, 6) is -0.464. The van der Waals surface area contributed by atoms with Crippen LogP contribution in [0.3, 0.4) is 0 Å². The largest absolute Gasteiger partial charge is 0.462 e.